The van der Waals surface area contributed by atoms with Gasteiger partial charge in [-0.05, 0) is 42.5 Å². The van der Waals surface area contributed by atoms with E-state index in [0.29, 0.717) is 0 Å². The molecule has 1 aromatic rings. The second-order valence-corrected chi connectivity index (χ2v) is 5.43. The highest BCUT2D eigenvalue weighted by atomic mass is 32.2. The fraction of sp³-hybridized carbons (Fsp3) is 0.417. The predicted octanol–water partition coefficient (Wildman–Crippen LogP) is 3.71. The monoisotopic (exact) mass is 254 g/mol. The Balaban J connectivity index is 2.29. The van der Waals surface area contributed by atoms with E-state index in [-0.39, 0.29) is 0 Å². The van der Waals surface area contributed by atoms with Crippen molar-refractivity contribution in [2.45, 2.75) is 31.1 Å². The molecule has 0 aromatic heterocycles. The van der Waals surface area contributed by atoms with Crippen LogP contribution in [0.15, 0.2) is 29.2 Å². The Morgan fingerprint density at radius 3 is 2.56 bits per heavy atom. The molecule has 0 amide bonds. The van der Waals surface area contributed by atoms with Gasteiger partial charge in [0.05, 0.1) is 5.04 Å². The summed E-state index contributed by atoms with van der Waals surface area (Å²) in [6, 6.07) is 8.31. The van der Waals surface area contributed by atoms with Crippen molar-refractivity contribution in [2.75, 3.05) is 5.75 Å². The van der Waals surface area contributed by atoms with Crippen LogP contribution in [-0.4, -0.2) is 10.8 Å². The standard InChI is InChI=1S/C12H18N2S2/c1-2-3-12(13)15-9-8-10-4-6-11(16-14)7-5-10/h4-7,13H,2-3,8-9,14H2,1H3. The molecule has 0 spiro atoms. The van der Waals surface area contributed by atoms with Crippen LogP contribution in [0.25, 0.3) is 0 Å². The minimum atomic E-state index is 0.802. The summed E-state index contributed by atoms with van der Waals surface area (Å²) in [7, 11) is 0. The summed E-state index contributed by atoms with van der Waals surface area (Å²) in [6.45, 7) is 2.11. The maximum Gasteiger partial charge on any atom is 0.0641 e. The third-order valence-electron chi connectivity index (χ3n) is 2.20. The Bertz CT molecular complexity index is 322. The van der Waals surface area contributed by atoms with Crippen molar-refractivity contribution in [3.63, 3.8) is 0 Å². The van der Waals surface area contributed by atoms with Gasteiger partial charge in [-0.2, -0.15) is 0 Å². The maximum absolute atomic E-state index is 7.66. The van der Waals surface area contributed by atoms with Gasteiger partial charge in [-0.1, -0.05) is 25.5 Å². The lowest BCUT2D eigenvalue weighted by atomic mass is 10.2. The molecule has 0 saturated heterocycles. The first-order valence-corrected chi connectivity index (χ1v) is 7.28. The number of nitrogens with two attached hydrogens (primary N) is 1. The van der Waals surface area contributed by atoms with E-state index in [1.807, 2.05) is 12.1 Å². The number of rotatable bonds is 6. The molecular weight excluding hydrogens is 236 g/mol. The fourth-order valence-corrected chi connectivity index (χ4v) is 2.55. The quantitative estimate of drug-likeness (QED) is 0.462. The highest BCUT2D eigenvalue weighted by molar-refractivity contribution is 8.13. The molecule has 0 aliphatic rings. The van der Waals surface area contributed by atoms with Crippen molar-refractivity contribution >= 4 is 28.8 Å². The molecule has 0 aliphatic heterocycles. The topological polar surface area (TPSA) is 49.9 Å². The van der Waals surface area contributed by atoms with Crippen molar-refractivity contribution in [3.8, 4) is 0 Å². The second kappa shape index (κ2) is 7.76. The molecular formula is C12H18N2S2. The number of thioether (sulfide) groups is 1. The zero-order valence-electron chi connectivity index (χ0n) is 9.53. The van der Waals surface area contributed by atoms with Crippen molar-refractivity contribution in [1.29, 1.82) is 5.41 Å². The summed E-state index contributed by atoms with van der Waals surface area (Å²) in [6.07, 6.45) is 2.99. The Kier molecular flexibility index (Phi) is 6.61. The lowest BCUT2D eigenvalue weighted by Crippen LogP contribution is -1.94. The van der Waals surface area contributed by atoms with E-state index in [1.165, 1.54) is 17.5 Å². The van der Waals surface area contributed by atoms with Crippen molar-refractivity contribution in [3.05, 3.63) is 29.8 Å². The number of hydrogen-bond acceptors (Lipinski definition) is 4. The molecule has 1 rings (SSSR count). The lowest BCUT2D eigenvalue weighted by Gasteiger charge is -2.03. The molecule has 0 aliphatic carbocycles. The van der Waals surface area contributed by atoms with Gasteiger partial charge < -0.3 is 0 Å². The van der Waals surface area contributed by atoms with Gasteiger partial charge in [0, 0.05) is 10.6 Å². The Morgan fingerprint density at radius 1 is 1.31 bits per heavy atom. The SMILES string of the molecule is CCCC(=N)SCCc1ccc(SN)cc1. The van der Waals surface area contributed by atoms with Crippen molar-refractivity contribution < 1.29 is 0 Å². The molecule has 0 atom stereocenters. The van der Waals surface area contributed by atoms with Crippen LogP contribution in [0.4, 0.5) is 0 Å². The third kappa shape index (κ3) is 5.05. The largest absolute Gasteiger partial charge is 0.298 e. The number of aryl methyl sites for hydroxylation is 1. The average Bonchev–Trinajstić information content (AvgIpc) is 2.30. The molecule has 2 nitrogen and oxygen atoms in total. The first-order chi connectivity index (χ1) is 7.76. The van der Waals surface area contributed by atoms with Crippen LogP contribution in [-0.2, 0) is 6.42 Å². The van der Waals surface area contributed by atoms with Gasteiger partial charge in [0.15, 0.2) is 0 Å². The highest BCUT2D eigenvalue weighted by Gasteiger charge is 1.98. The Labute approximate surface area is 106 Å². The van der Waals surface area contributed by atoms with Crippen LogP contribution in [0.1, 0.15) is 25.3 Å². The predicted molar refractivity (Wildman–Crippen MR) is 75.3 cm³/mol. The van der Waals surface area contributed by atoms with Gasteiger partial charge in [-0.3, -0.25) is 10.5 Å². The zero-order chi connectivity index (χ0) is 11.8. The van der Waals surface area contributed by atoms with Crippen molar-refractivity contribution in [1.82, 2.24) is 0 Å². The Hall–Kier alpha value is -0.450. The van der Waals surface area contributed by atoms with Gasteiger partial charge in [0.1, 0.15) is 0 Å². The number of benzene rings is 1. The van der Waals surface area contributed by atoms with Gasteiger partial charge in [0.2, 0.25) is 0 Å². The highest BCUT2D eigenvalue weighted by Crippen LogP contribution is 2.15. The van der Waals surface area contributed by atoms with Crippen LogP contribution in [0.3, 0.4) is 0 Å². The normalized spacial score (nSPS) is 10.4. The van der Waals surface area contributed by atoms with Crippen LogP contribution < -0.4 is 5.14 Å². The van der Waals surface area contributed by atoms with Crippen LogP contribution in [0, 0.1) is 5.41 Å². The second-order valence-electron chi connectivity index (χ2n) is 3.53. The van der Waals surface area contributed by atoms with Gasteiger partial charge in [-0.25, -0.2) is 0 Å². The molecule has 4 heteroatoms. The summed E-state index contributed by atoms with van der Waals surface area (Å²) < 4.78 is 0. The molecule has 3 N–H and O–H groups in total. The first kappa shape index (κ1) is 13.6. The molecule has 0 heterocycles. The minimum absolute atomic E-state index is 0.802. The molecule has 88 valence electrons. The number of hydrogen-bond donors (Lipinski definition) is 2. The molecule has 0 radical (unpaired) electrons. The molecule has 0 fully saturated rings. The maximum atomic E-state index is 7.66. The van der Waals surface area contributed by atoms with E-state index in [2.05, 4.69) is 19.1 Å². The molecule has 0 unspecified atom stereocenters. The van der Waals surface area contributed by atoms with E-state index in [0.717, 1.165) is 35.0 Å². The van der Waals surface area contributed by atoms with Crippen LogP contribution in [0.2, 0.25) is 0 Å². The van der Waals surface area contributed by atoms with Crippen LogP contribution >= 0.6 is 23.7 Å². The van der Waals surface area contributed by atoms with E-state index in [4.69, 9.17) is 10.5 Å². The number of nitrogens with one attached hydrogen (secondary N) is 1. The zero-order valence-corrected chi connectivity index (χ0v) is 11.2. The molecule has 16 heavy (non-hydrogen) atoms. The average molecular weight is 254 g/mol. The fourth-order valence-electron chi connectivity index (χ4n) is 1.33. The molecule has 0 bridgehead atoms. The van der Waals surface area contributed by atoms with Gasteiger partial charge >= 0.3 is 0 Å². The summed E-state index contributed by atoms with van der Waals surface area (Å²) in [5.74, 6) is 0.994. The summed E-state index contributed by atoms with van der Waals surface area (Å²) >= 11 is 2.93. The molecule has 0 saturated carbocycles. The first-order valence-electron chi connectivity index (χ1n) is 5.42. The third-order valence-corrected chi connectivity index (χ3v) is 3.71. The lowest BCUT2D eigenvalue weighted by molar-refractivity contribution is 0.998. The summed E-state index contributed by atoms with van der Waals surface area (Å²) in [5.41, 5.74) is 1.31. The van der Waals surface area contributed by atoms with E-state index < -0.39 is 0 Å². The van der Waals surface area contributed by atoms with E-state index in [1.54, 1.807) is 11.8 Å². The Morgan fingerprint density at radius 2 is 2.00 bits per heavy atom. The van der Waals surface area contributed by atoms with Crippen LogP contribution in [0.5, 0.6) is 0 Å². The van der Waals surface area contributed by atoms with E-state index >= 15 is 0 Å². The summed E-state index contributed by atoms with van der Waals surface area (Å²) in [5, 5.41) is 13.9. The minimum Gasteiger partial charge on any atom is -0.298 e. The van der Waals surface area contributed by atoms with Gasteiger partial charge in [-0.15, -0.1) is 11.8 Å². The summed E-state index contributed by atoms with van der Waals surface area (Å²) in [4.78, 5) is 1.09. The van der Waals surface area contributed by atoms with Gasteiger partial charge in [0.25, 0.3) is 0 Å². The van der Waals surface area contributed by atoms with E-state index in [9.17, 15) is 0 Å². The smallest absolute Gasteiger partial charge is 0.0641 e. The van der Waals surface area contributed by atoms with Crippen molar-refractivity contribution in [2.24, 2.45) is 5.14 Å². The molecule has 1 aromatic carbocycles.